The monoisotopic (exact) mass is 335 g/mol. The molecule has 1 fully saturated rings. The van der Waals surface area contributed by atoms with Crippen LogP contribution in [0.25, 0.3) is 0 Å². The van der Waals surface area contributed by atoms with Gasteiger partial charge in [0.15, 0.2) is 0 Å². The molecule has 1 aromatic heterocycles. The van der Waals surface area contributed by atoms with Gasteiger partial charge in [-0.3, -0.25) is 9.48 Å². The van der Waals surface area contributed by atoms with Crippen LogP contribution in [-0.2, 0) is 24.1 Å². The molecule has 134 valence electrons. The van der Waals surface area contributed by atoms with Crippen molar-refractivity contribution in [3.63, 3.8) is 0 Å². The van der Waals surface area contributed by atoms with E-state index in [4.69, 9.17) is 9.84 Å². The van der Waals surface area contributed by atoms with Gasteiger partial charge in [-0.2, -0.15) is 5.10 Å². The molecular formula is C18H29N3O3. The van der Waals surface area contributed by atoms with Crippen LogP contribution in [-0.4, -0.2) is 47.2 Å². The van der Waals surface area contributed by atoms with Crippen LogP contribution < -0.4 is 5.32 Å². The van der Waals surface area contributed by atoms with Gasteiger partial charge in [-0.1, -0.05) is 20.8 Å². The average molecular weight is 335 g/mol. The first-order valence-corrected chi connectivity index (χ1v) is 8.95. The van der Waals surface area contributed by atoms with E-state index in [1.807, 2.05) is 25.5 Å². The molecule has 0 radical (unpaired) electrons. The van der Waals surface area contributed by atoms with E-state index in [1.165, 1.54) is 0 Å². The molecule has 1 aromatic rings. The summed E-state index contributed by atoms with van der Waals surface area (Å²) in [5.74, 6) is -0.00160. The first kappa shape index (κ1) is 17.4. The highest BCUT2D eigenvalue weighted by molar-refractivity contribution is 5.97. The zero-order valence-corrected chi connectivity index (χ0v) is 15.0. The number of rotatable bonds is 4. The maximum absolute atomic E-state index is 12.7. The summed E-state index contributed by atoms with van der Waals surface area (Å²) < 4.78 is 7.52. The quantitative estimate of drug-likeness (QED) is 0.875. The summed E-state index contributed by atoms with van der Waals surface area (Å²) in [5.41, 5.74) is 2.45. The minimum Gasteiger partial charge on any atom is -0.396 e. The van der Waals surface area contributed by atoms with Crippen molar-refractivity contribution in [2.75, 3.05) is 26.4 Å². The van der Waals surface area contributed by atoms with Gasteiger partial charge in [-0.25, -0.2) is 0 Å². The minimum absolute atomic E-state index is 0.00160. The number of carbonyl (C=O) groups is 1. The first-order valence-electron chi connectivity index (χ1n) is 8.95. The number of amides is 1. The number of fused-ring (bicyclic) bond motifs is 1. The molecule has 0 atom stereocenters. The van der Waals surface area contributed by atoms with Gasteiger partial charge in [-0.15, -0.1) is 0 Å². The Labute approximate surface area is 143 Å². The van der Waals surface area contributed by atoms with Crippen molar-refractivity contribution < 1.29 is 14.6 Å². The van der Waals surface area contributed by atoms with Crippen molar-refractivity contribution in [2.24, 2.45) is 10.8 Å². The average Bonchev–Trinajstić information content (AvgIpc) is 2.83. The number of hydrogen-bond donors (Lipinski definition) is 2. The van der Waals surface area contributed by atoms with Crippen molar-refractivity contribution in [1.82, 2.24) is 15.1 Å². The molecule has 0 aromatic carbocycles. The van der Waals surface area contributed by atoms with Gasteiger partial charge in [0.05, 0.1) is 17.0 Å². The normalized spacial score (nSPS) is 20.6. The number of hydrogen-bond acceptors (Lipinski definition) is 4. The fourth-order valence-corrected chi connectivity index (χ4v) is 3.76. The lowest BCUT2D eigenvalue weighted by molar-refractivity contribution is 0.0149. The Hall–Kier alpha value is -1.40. The number of aryl methyl sites for hydroxylation is 1. The molecule has 1 spiro atoms. The van der Waals surface area contributed by atoms with Crippen molar-refractivity contribution in [1.29, 1.82) is 0 Å². The zero-order valence-electron chi connectivity index (χ0n) is 15.0. The largest absolute Gasteiger partial charge is 0.396 e. The highest BCUT2D eigenvalue weighted by Crippen LogP contribution is 2.37. The van der Waals surface area contributed by atoms with Gasteiger partial charge in [0.25, 0.3) is 5.91 Å². The lowest BCUT2D eigenvalue weighted by Gasteiger charge is -2.36. The van der Waals surface area contributed by atoms with Crippen LogP contribution in [0, 0.1) is 10.8 Å². The first-order chi connectivity index (χ1) is 11.4. The Bertz CT molecular complexity index is 615. The lowest BCUT2D eigenvalue weighted by atomic mass is 9.76. The SMILES string of the molecule is CCc1nn(CC(C)(C)CO)c2c1C(=O)NCC1(CCOCC1)C2. The van der Waals surface area contributed by atoms with E-state index in [0.29, 0.717) is 13.1 Å². The molecule has 3 heterocycles. The second kappa shape index (κ2) is 6.48. The molecule has 24 heavy (non-hydrogen) atoms. The van der Waals surface area contributed by atoms with E-state index >= 15 is 0 Å². The van der Waals surface area contributed by atoms with Gasteiger partial charge >= 0.3 is 0 Å². The zero-order chi connectivity index (χ0) is 17.4. The van der Waals surface area contributed by atoms with Crippen molar-refractivity contribution >= 4 is 5.91 Å². The van der Waals surface area contributed by atoms with Crippen LogP contribution in [0.4, 0.5) is 0 Å². The Morgan fingerprint density at radius 1 is 1.38 bits per heavy atom. The summed E-state index contributed by atoms with van der Waals surface area (Å²) in [7, 11) is 0. The van der Waals surface area contributed by atoms with E-state index < -0.39 is 0 Å². The van der Waals surface area contributed by atoms with Crippen LogP contribution in [0.15, 0.2) is 0 Å². The Morgan fingerprint density at radius 2 is 2.08 bits per heavy atom. The van der Waals surface area contributed by atoms with Crippen LogP contribution >= 0.6 is 0 Å². The van der Waals surface area contributed by atoms with Gasteiger partial charge in [0, 0.05) is 38.3 Å². The number of nitrogens with one attached hydrogen (secondary N) is 1. The number of aliphatic hydroxyl groups is 1. The Kier molecular flexibility index (Phi) is 4.71. The van der Waals surface area contributed by atoms with E-state index in [1.54, 1.807) is 0 Å². The molecule has 0 bridgehead atoms. The van der Waals surface area contributed by atoms with Crippen LogP contribution in [0.5, 0.6) is 0 Å². The number of nitrogens with zero attached hydrogens (tertiary/aromatic N) is 2. The van der Waals surface area contributed by atoms with Crippen LogP contribution in [0.3, 0.4) is 0 Å². The summed E-state index contributed by atoms with van der Waals surface area (Å²) in [4.78, 5) is 12.7. The third-order valence-electron chi connectivity index (χ3n) is 5.42. The van der Waals surface area contributed by atoms with Gasteiger partial charge in [-0.05, 0) is 31.1 Å². The fraction of sp³-hybridized carbons (Fsp3) is 0.778. The van der Waals surface area contributed by atoms with Crippen molar-refractivity contribution in [3.8, 4) is 0 Å². The second-order valence-electron chi connectivity index (χ2n) is 8.07. The van der Waals surface area contributed by atoms with E-state index in [0.717, 1.165) is 55.8 Å². The summed E-state index contributed by atoms with van der Waals surface area (Å²) in [6.07, 6.45) is 3.50. The Balaban J connectivity index is 2.03. The molecule has 1 saturated heterocycles. The molecule has 2 N–H and O–H groups in total. The van der Waals surface area contributed by atoms with Crippen LogP contribution in [0.2, 0.25) is 0 Å². The molecule has 2 aliphatic heterocycles. The smallest absolute Gasteiger partial charge is 0.255 e. The maximum Gasteiger partial charge on any atom is 0.255 e. The molecule has 1 amide bonds. The highest BCUT2D eigenvalue weighted by atomic mass is 16.5. The topological polar surface area (TPSA) is 76.4 Å². The number of aromatic nitrogens is 2. The maximum atomic E-state index is 12.7. The minimum atomic E-state index is -0.267. The molecule has 0 aliphatic carbocycles. The molecule has 0 unspecified atom stereocenters. The summed E-state index contributed by atoms with van der Waals surface area (Å²) >= 11 is 0. The van der Waals surface area contributed by atoms with Crippen molar-refractivity contribution in [2.45, 2.75) is 53.0 Å². The van der Waals surface area contributed by atoms with Gasteiger partial charge in [0.1, 0.15) is 0 Å². The van der Waals surface area contributed by atoms with E-state index in [2.05, 4.69) is 5.32 Å². The summed E-state index contributed by atoms with van der Waals surface area (Å²) in [6.45, 7) is 8.99. The molecule has 2 aliphatic rings. The Morgan fingerprint density at radius 3 is 2.71 bits per heavy atom. The summed E-state index contributed by atoms with van der Waals surface area (Å²) in [5, 5.41) is 17.5. The van der Waals surface area contributed by atoms with Crippen molar-refractivity contribution in [3.05, 3.63) is 17.0 Å². The van der Waals surface area contributed by atoms with E-state index in [-0.39, 0.29) is 23.3 Å². The predicted octanol–water partition coefficient (Wildman–Crippen LogP) is 1.55. The third-order valence-corrected chi connectivity index (χ3v) is 5.42. The molecular weight excluding hydrogens is 306 g/mol. The van der Waals surface area contributed by atoms with Gasteiger partial charge in [0.2, 0.25) is 0 Å². The molecule has 6 heteroatoms. The molecule has 6 nitrogen and oxygen atoms in total. The van der Waals surface area contributed by atoms with Gasteiger partial charge < -0.3 is 15.2 Å². The number of ether oxygens (including phenoxy) is 1. The predicted molar refractivity (Wildman–Crippen MR) is 91.0 cm³/mol. The summed E-state index contributed by atoms with van der Waals surface area (Å²) in [6, 6.07) is 0. The second-order valence-corrected chi connectivity index (χ2v) is 8.07. The standard InChI is InChI=1S/C18H29N3O3/c1-4-13-15-14(21(20-13)11-17(2,3)12-22)9-18(10-19-16(15)23)5-7-24-8-6-18/h22H,4-12H2,1-3H3,(H,19,23). The fourth-order valence-electron chi connectivity index (χ4n) is 3.76. The molecule has 3 rings (SSSR count). The third kappa shape index (κ3) is 3.22. The van der Waals surface area contributed by atoms with Crippen LogP contribution in [0.1, 0.15) is 55.4 Å². The molecule has 0 saturated carbocycles. The number of carbonyl (C=O) groups excluding carboxylic acids is 1. The number of aliphatic hydroxyl groups excluding tert-OH is 1. The van der Waals surface area contributed by atoms with E-state index in [9.17, 15) is 9.90 Å². The lowest BCUT2D eigenvalue weighted by Crippen LogP contribution is -2.41. The highest BCUT2D eigenvalue weighted by Gasteiger charge is 2.40.